The SMILES string of the molecule is Cc1cc(OC(C)CCC(C)C)c(C)cc1N. The largest absolute Gasteiger partial charge is 0.490 e. The van der Waals surface area contributed by atoms with Gasteiger partial charge in [0.1, 0.15) is 5.75 Å². The van der Waals surface area contributed by atoms with Crippen molar-refractivity contribution in [1.29, 1.82) is 0 Å². The monoisotopic (exact) mass is 235 g/mol. The second-order valence-corrected chi connectivity index (χ2v) is 5.37. The molecule has 1 aromatic rings. The Hall–Kier alpha value is -1.18. The van der Waals surface area contributed by atoms with Gasteiger partial charge in [-0.1, -0.05) is 13.8 Å². The average molecular weight is 235 g/mol. The molecule has 2 N–H and O–H groups in total. The fourth-order valence-electron chi connectivity index (χ4n) is 1.78. The van der Waals surface area contributed by atoms with Gasteiger partial charge >= 0.3 is 0 Å². The first kappa shape index (κ1) is 13.9. The van der Waals surface area contributed by atoms with Crippen LogP contribution in [0.5, 0.6) is 5.75 Å². The van der Waals surface area contributed by atoms with Crippen molar-refractivity contribution in [3.63, 3.8) is 0 Å². The van der Waals surface area contributed by atoms with Crippen LogP contribution in [0.3, 0.4) is 0 Å². The summed E-state index contributed by atoms with van der Waals surface area (Å²) >= 11 is 0. The van der Waals surface area contributed by atoms with Gasteiger partial charge in [0, 0.05) is 5.69 Å². The van der Waals surface area contributed by atoms with Gasteiger partial charge < -0.3 is 10.5 Å². The maximum absolute atomic E-state index is 5.98. The number of hydrogen-bond donors (Lipinski definition) is 1. The Morgan fingerprint density at radius 3 is 2.29 bits per heavy atom. The van der Waals surface area contributed by atoms with Gasteiger partial charge in [-0.25, -0.2) is 0 Å². The third-order valence-corrected chi connectivity index (χ3v) is 3.04. The zero-order chi connectivity index (χ0) is 13.0. The predicted octanol–water partition coefficient (Wildman–Crippen LogP) is 4.09. The second-order valence-electron chi connectivity index (χ2n) is 5.37. The summed E-state index contributed by atoms with van der Waals surface area (Å²) in [6, 6.07) is 4.02. The molecule has 0 aliphatic rings. The van der Waals surface area contributed by atoms with Crippen molar-refractivity contribution in [2.75, 3.05) is 5.73 Å². The van der Waals surface area contributed by atoms with Crippen LogP contribution >= 0.6 is 0 Å². The molecule has 0 aliphatic carbocycles. The molecule has 1 aromatic carbocycles. The molecule has 0 bridgehead atoms. The van der Waals surface area contributed by atoms with E-state index in [1.165, 1.54) is 6.42 Å². The number of nitrogen functional groups attached to an aromatic ring is 1. The van der Waals surface area contributed by atoms with Gasteiger partial charge in [-0.2, -0.15) is 0 Å². The van der Waals surface area contributed by atoms with Gasteiger partial charge in [0.15, 0.2) is 0 Å². The topological polar surface area (TPSA) is 35.2 Å². The maximum atomic E-state index is 5.98. The van der Waals surface area contributed by atoms with E-state index in [9.17, 15) is 0 Å². The Labute approximate surface area is 105 Å². The number of hydrogen-bond acceptors (Lipinski definition) is 2. The lowest BCUT2D eigenvalue weighted by atomic mass is 10.1. The molecular formula is C15H25NO. The summed E-state index contributed by atoms with van der Waals surface area (Å²) in [7, 11) is 0. The summed E-state index contributed by atoms with van der Waals surface area (Å²) in [6.07, 6.45) is 2.56. The molecule has 0 radical (unpaired) electrons. The Morgan fingerprint density at radius 2 is 1.71 bits per heavy atom. The van der Waals surface area contributed by atoms with Gasteiger partial charge in [-0.3, -0.25) is 0 Å². The van der Waals surface area contributed by atoms with E-state index in [0.29, 0.717) is 0 Å². The molecule has 0 spiro atoms. The van der Waals surface area contributed by atoms with Gasteiger partial charge in [0.25, 0.3) is 0 Å². The van der Waals surface area contributed by atoms with Crippen LogP contribution in [0.15, 0.2) is 12.1 Å². The van der Waals surface area contributed by atoms with Gasteiger partial charge in [0.05, 0.1) is 6.10 Å². The van der Waals surface area contributed by atoms with Crippen molar-refractivity contribution in [2.24, 2.45) is 5.92 Å². The van der Waals surface area contributed by atoms with E-state index in [-0.39, 0.29) is 6.10 Å². The second kappa shape index (κ2) is 5.95. The van der Waals surface area contributed by atoms with Crippen molar-refractivity contribution in [3.05, 3.63) is 23.3 Å². The van der Waals surface area contributed by atoms with Crippen LogP contribution in [0, 0.1) is 19.8 Å². The van der Waals surface area contributed by atoms with E-state index in [1.54, 1.807) is 0 Å². The van der Waals surface area contributed by atoms with Crippen molar-refractivity contribution in [1.82, 2.24) is 0 Å². The predicted molar refractivity (Wildman–Crippen MR) is 74.5 cm³/mol. The number of aryl methyl sites for hydroxylation is 2. The average Bonchev–Trinajstić information content (AvgIpc) is 2.23. The fraction of sp³-hybridized carbons (Fsp3) is 0.600. The molecule has 2 nitrogen and oxygen atoms in total. The number of anilines is 1. The van der Waals surface area contributed by atoms with Crippen LogP contribution in [0.4, 0.5) is 5.69 Å². The first-order valence-corrected chi connectivity index (χ1v) is 6.43. The molecule has 17 heavy (non-hydrogen) atoms. The summed E-state index contributed by atoms with van der Waals surface area (Å²) in [5.41, 5.74) is 8.90. The Balaban J connectivity index is 2.65. The Bertz CT molecular complexity index is 371. The summed E-state index contributed by atoms with van der Waals surface area (Å²) in [6.45, 7) is 10.7. The molecule has 0 aliphatic heterocycles. The molecule has 2 heteroatoms. The smallest absolute Gasteiger partial charge is 0.123 e. The zero-order valence-corrected chi connectivity index (χ0v) is 11.7. The van der Waals surface area contributed by atoms with Crippen LogP contribution in [0.2, 0.25) is 0 Å². The molecule has 0 amide bonds. The first-order valence-electron chi connectivity index (χ1n) is 6.43. The molecule has 0 aromatic heterocycles. The van der Waals surface area contributed by atoms with Crippen LogP contribution in [0.1, 0.15) is 44.7 Å². The van der Waals surface area contributed by atoms with Gasteiger partial charge in [0.2, 0.25) is 0 Å². The van der Waals surface area contributed by atoms with Crippen LogP contribution < -0.4 is 10.5 Å². The Morgan fingerprint density at radius 1 is 1.06 bits per heavy atom. The summed E-state index contributed by atoms with van der Waals surface area (Å²) < 4.78 is 5.98. The lowest BCUT2D eigenvalue weighted by molar-refractivity contribution is 0.200. The number of ether oxygens (including phenoxy) is 1. The van der Waals surface area contributed by atoms with Gasteiger partial charge in [-0.15, -0.1) is 0 Å². The minimum atomic E-state index is 0.263. The standard InChI is InChI=1S/C15H25NO/c1-10(2)6-7-13(5)17-15-9-11(3)14(16)8-12(15)4/h8-10,13H,6-7,16H2,1-5H3. The fourth-order valence-corrected chi connectivity index (χ4v) is 1.78. The van der Waals surface area contributed by atoms with E-state index in [2.05, 4.69) is 20.8 Å². The zero-order valence-electron chi connectivity index (χ0n) is 11.7. The van der Waals surface area contributed by atoms with E-state index in [1.807, 2.05) is 26.0 Å². The third kappa shape index (κ3) is 4.29. The first-order chi connectivity index (χ1) is 7.90. The molecule has 0 heterocycles. The van der Waals surface area contributed by atoms with E-state index in [0.717, 1.165) is 34.9 Å². The van der Waals surface area contributed by atoms with E-state index >= 15 is 0 Å². The van der Waals surface area contributed by atoms with Crippen molar-refractivity contribution in [2.45, 2.75) is 53.6 Å². The molecule has 96 valence electrons. The molecule has 0 saturated heterocycles. The molecule has 1 atom stereocenters. The highest BCUT2D eigenvalue weighted by Crippen LogP contribution is 2.26. The highest BCUT2D eigenvalue weighted by atomic mass is 16.5. The van der Waals surface area contributed by atoms with E-state index in [4.69, 9.17) is 10.5 Å². The quantitative estimate of drug-likeness (QED) is 0.780. The minimum absolute atomic E-state index is 0.263. The number of nitrogens with two attached hydrogens (primary N) is 1. The highest BCUT2D eigenvalue weighted by Gasteiger charge is 2.09. The van der Waals surface area contributed by atoms with Crippen LogP contribution in [0.25, 0.3) is 0 Å². The highest BCUT2D eigenvalue weighted by molar-refractivity contribution is 5.53. The minimum Gasteiger partial charge on any atom is -0.490 e. The molecule has 1 rings (SSSR count). The lowest BCUT2D eigenvalue weighted by Crippen LogP contribution is -2.13. The van der Waals surface area contributed by atoms with Crippen LogP contribution in [-0.2, 0) is 0 Å². The third-order valence-electron chi connectivity index (χ3n) is 3.04. The molecule has 1 unspecified atom stereocenters. The summed E-state index contributed by atoms with van der Waals surface area (Å²) in [5, 5.41) is 0. The van der Waals surface area contributed by atoms with Crippen molar-refractivity contribution < 1.29 is 4.74 Å². The molecular weight excluding hydrogens is 210 g/mol. The van der Waals surface area contributed by atoms with Crippen molar-refractivity contribution >= 4 is 5.69 Å². The molecule has 0 fully saturated rings. The lowest BCUT2D eigenvalue weighted by Gasteiger charge is -2.18. The number of rotatable bonds is 5. The molecule has 0 saturated carbocycles. The maximum Gasteiger partial charge on any atom is 0.123 e. The summed E-state index contributed by atoms with van der Waals surface area (Å²) in [5.74, 6) is 1.70. The van der Waals surface area contributed by atoms with Gasteiger partial charge in [-0.05, 0) is 62.8 Å². The summed E-state index contributed by atoms with van der Waals surface area (Å²) in [4.78, 5) is 0. The normalized spacial score (nSPS) is 12.8. The number of benzene rings is 1. The Kier molecular flexibility index (Phi) is 4.86. The van der Waals surface area contributed by atoms with Crippen LogP contribution in [-0.4, -0.2) is 6.10 Å². The van der Waals surface area contributed by atoms with E-state index < -0.39 is 0 Å². The van der Waals surface area contributed by atoms with Crippen molar-refractivity contribution in [3.8, 4) is 5.75 Å².